The Kier molecular flexibility index (Phi) is 6.53. The molecule has 0 radical (unpaired) electrons. The first-order chi connectivity index (χ1) is 11.6. The van der Waals surface area contributed by atoms with Gasteiger partial charge in [0.1, 0.15) is 5.82 Å². The fourth-order valence-electron chi connectivity index (χ4n) is 3.07. The lowest BCUT2D eigenvalue weighted by atomic mass is 9.82. The second-order valence-electron chi connectivity index (χ2n) is 6.06. The summed E-state index contributed by atoms with van der Waals surface area (Å²) < 4.78 is 19.1. The lowest BCUT2D eigenvalue weighted by molar-refractivity contribution is 0.0344. The molecular formula is C19H22ClFN2O2. The number of hydrogen-bond donors (Lipinski definition) is 2. The zero-order valence-electron chi connectivity index (χ0n) is 13.8. The van der Waals surface area contributed by atoms with E-state index in [0.29, 0.717) is 38.2 Å². The maximum Gasteiger partial charge on any atom is 0.251 e. The highest BCUT2D eigenvalue weighted by molar-refractivity contribution is 5.94. The third-order valence-electron chi connectivity index (χ3n) is 4.53. The Bertz CT molecular complexity index is 716. The molecule has 3 N–H and O–H groups in total. The summed E-state index contributed by atoms with van der Waals surface area (Å²) in [6.45, 7) is 1.50. The number of benzene rings is 2. The molecule has 0 saturated carbocycles. The van der Waals surface area contributed by atoms with Gasteiger partial charge in [-0.3, -0.25) is 4.79 Å². The van der Waals surface area contributed by atoms with Crippen LogP contribution in [0.15, 0.2) is 48.5 Å². The molecule has 0 spiro atoms. The van der Waals surface area contributed by atoms with E-state index in [-0.39, 0.29) is 24.1 Å². The van der Waals surface area contributed by atoms with Crippen LogP contribution in [0.5, 0.6) is 0 Å². The molecule has 2 aromatic rings. The highest BCUT2D eigenvalue weighted by Crippen LogP contribution is 2.33. The smallest absolute Gasteiger partial charge is 0.251 e. The summed E-state index contributed by atoms with van der Waals surface area (Å²) in [5, 5.41) is 3.11. The zero-order chi connectivity index (χ0) is 17.0. The molecule has 0 aliphatic carbocycles. The average molecular weight is 365 g/mol. The lowest BCUT2D eigenvalue weighted by Gasteiger charge is -2.38. The molecule has 1 fully saturated rings. The van der Waals surface area contributed by atoms with Gasteiger partial charge in [0.2, 0.25) is 0 Å². The van der Waals surface area contributed by atoms with Crippen LogP contribution < -0.4 is 11.1 Å². The van der Waals surface area contributed by atoms with E-state index in [2.05, 4.69) is 5.32 Å². The Hall–Kier alpha value is -1.95. The molecule has 25 heavy (non-hydrogen) atoms. The first-order valence-corrected chi connectivity index (χ1v) is 8.08. The van der Waals surface area contributed by atoms with Crippen molar-refractivity contribution in [2.45, 2.75) is 24.9 Å². The highest BCUT2D eigenvalue weighted by Gasteiger charge is 2.36. The highest BCUT2D eigenvalue weighted by atomic mass is 35.5. The minimum absolute atomic E-state index is 0. The van der Waals surface area contributed by atoms with Crippen LogP contribution in [0, 0.1) is 5.82 Å². The van der Waals surface area contributed by atoms with Gasteiger partial charge in [-0.05, 0) is 48.2 Å². The molecule has 0 atom stereocenters. The number of carbonyl (C=O) groups is 1. The molecule has 0 bridgehead atoms. The molecule has 1 aliphatic heterocycles. The van der Waals surface area contributed by atoms with Gasteiger partial charge in [0, 0.05) is 25.3 Å². The molecule has 1 amide bonds. The van der Waals surface area contributed by atoms with E-state index in [9.17, 15) is 9.18 Å². The maximum atomic E-state index is 13.7. The fourth-order valence-corrected chi connectivity index (χ4v) is 3.07. The Balaban J connectivity index is 0.00000225. The number of ether oxygens (including phenoxy) is 1. The van der Waals surface area contributed by atoms with Crippen molar-refractivity contribution in [2.75, 3.05) is 13.2 Å². The molecule has 1 heterocycles. The SMILES string of the molecule is Cl.NCc1ccc(C(=O)NC2(c3cccc(F)c3)CCOCC2)cc1. The largest absolute Gasteiger partial charge is 0.381 e. The van der Waals surface area contributed by atoms with E-state index in [1.807, 2.05) is 18.2 Å². The summed E-state index contributed by atoms with van der Waals surface area (Å²) in [6.07, 6.45) is 1.23. The molecule has 1 aliphatic rings. The molecular weight excluding hydrogens is 343 g/mol. The van der Waals surface area contributed by atoms with Crippen molar-refractivity contribution in [1.82, 2.24) is 5.32 Å². The van der Waals surface area contributed by atoms with Gasteiger partial charge in [-0.25, -0.2) is 4.39 Å². The van der Waals surface area contributed by atoms with E-state index < -0.39 is 5.54 Å². The van der Waals surface area contributed by atoms with Gasteiger partial charge in [0.05, 0.1) is 5.54 Å². The van der Waals surface area contributed by atoms with Crippen molar-refractivity contribution in [3.05, 3.63) is 71.0 Å². The summed E-state index contributed by atoms with van der Waals surface area (Å²) in [5.74, 6) is -0.482. The van der Waals surface area contributed by atoms with Gasteiger partial charge in [0.25, 0.3) is 5.91 Å². The minimum Gasteiger partial charge on any atom is -0.381 e. The van der Waals surface area contributed by atoms with E-state index in [1.54, 1.807) is 18.2 Å². The summed E-state index contributed by atoms with van der Waals surface area (Å²) in [6, 6.07) is 13.6. The van der Waals surface area contributed by atoms with E-state index in [0.717, 1.165) is 11.1 Å². The number of nitrogens with one attached hydrogen (secondary N) is 1. The van der Waals surface area contributed by atoms with Crippen LogP contribution in [0.3, 0.4) is 0 Å². The number of carbonyl (C=O) groups excluding carboxylic acids is 1. The summed E-state index contributed by atoms with van der Waals surface area (Å²) in [4.78, 5) is 12.7. The van der Waals surface area contributed by atoms with Crippen molar-refractivity contribution in [3.63, 3.8) is 0 Å². The lowest BCUT2D eigenvalue weighted by Crippen LogP contribution is -2.49. The summed E-state index contributed by atoms with van der Waals surface area (Å²) in [7, 11) is 0. The molecule has 6 heteroatoms. The quantitative estimate of drug-likeness (QED) is 0.876. The number of hydrogen-bond acceptors (Lipinski definition) is 3. The van der Waals surface area contributed by atoms with Crippen LogP contribution in [-0.2, 0) is 16.8 Å². The van der Waals surface area contributed by atoms with E-state index in [1.165, 1.54) is 12.1 Å². The third kappa shape index (κ3) is 4.37. The van der Waals surface area contributed by atoms with Gasteiger partial charge in [-0.2, -0.15) is 0 Å². The van der Waals surface area contributed by atoms with Crippen LogP contribution in [0.25, 0.3) is 0 Å². The first-order valence-electron chi connectivity index (χ1n) is 8.08. The van der Waals surface area contributed by atoms with Gasteiger partial charge in [-0.15, -0.1) is 12.4 Å². The van der Waals surface area contributed by atoms with Crippen LogP contribution in [0.4, 0.5) is 4.39 Å². The number of nitrogens with two attached hydrogens (primary N) is 1. The maximum absolute atomic E-state index is 13.7. The Morgan fingerprint density at radius 1 is 1.16 bits per heavy atom. The molecule has 1 saturated heterocycles. The van der Waals surface area contributed by atoms with Crippen molar-refractivity contribution in [1.29, 1.82) is 0 Å². The fraction of sp³-hybridized carbons (Fsp3) is 0.316. The Labute approximate surface area is 153 Å². The van der Waals surface area contributed by atoms with Crippen molar-refractivity contribution in [3.8, 4) is 0 Å². The molecule has 134 valence electrons. The third-order valence-corrected chi connectivity index (χ3v) is 4.53. The monoisotopic (exact) mass is 364 g/mol. The van der Waals surface area contributed by atoms with Crippen molar-refractivity contribution >= 4 is 18.3 Å². The second-order valence-corrected chi connectivity index (χ2v) is 6.06. The van der Waals surface area contributed by atoms with Gasteiger partial charge in [0.15, 0.2) is 0 Å². The normalized spacial score (nSPS) is 15.9. The first kappa shape index (κ1) is 19.4. The molecule has 2 aromatic carbocycles. The molecule has 0 aromatic heterocycles. The van der Waals surface area contributed by atoms with E-state index in [4.69, 9.17) is 10.5 Å². The standard InChI is InChI=1S/C19H21FN2O2.ClH/c20-17-3-1-2-16(12-17)19(8-10-24-11-9-19)22-18(23)15-6-4-14(13-21)5-7-15;/h1-7,12H,8-11,13,21H2,(H,22,23);1H. The Morgan fingerprint density at radius 3 is 2.44 bits per heavy atom. The van der Waals surface area contributed by atoms with Gasteiger partial charge >= 0.3 is 0 Å². The van der Waals surface area contributed by atoms with Crippen molar-refractivity contribution < 1.29 is 13.9 Å². The minimum atomic E-state index is -0.607. The number of halogens is 2. The van der Waals surface area contributed by atoms with Crippen LogP contribution >= 0.6 is 12.4 Å². The molecule has 4 nitrogen and oxygen atoms in total. The number of rotatable bonds is 4. The predicted molar refractivity (Wildman–Crippen MR) is 97.2 cm³/mol. The van der Waals surface area contributed by atoms with Gasteiger partial charge < -0.3 is 15.8 Å². The molecule has 3 rings (SSSR count). The zero-order valence-corrected chi connectivity index (χ0v) is 14.7. The van der Waals surface area contributed by atoms with Crippen LogP contribution in [-0.4, -0.2) is 19.1 Å². The molecule has 0 unspecified atom stereocenters. The summed E-state index contributed by atoms with van der Waals surface area (Å²) >= 11 is 0. The second kappa shape index (κ2) is 8.43. The topological polar surface area (TPSA) is 64.4 Å². The van der Waals surface area contributed by atoms with Crippen LogP contribution in [0.2, 0.25) is 0 Å². The van der Waals surface area contributed by atoms with Crippen molar-refractivity contribution in [2.24, 2.45) is 5.73 Å². The number of amides is 1. The Morgan fingerprint density at radius 2 is 1.84 bits per heavy atom. The summed E-state index contributed by atoms with van der Waals surface area (Å²) in [5.41, 5.74) is 7.29. The van der Waals surface area contributed by atoms with Gasteiger partial charge in [-0.1, -0.05) is 24.3 Å². The van der Waals surface area contributed by atoms with E-state index >= 15 is 0 Å². The predicted octanol–water partition coefficient (Wildman–Crippen LogP) is 3.14. The average Bonchev–Trinajstić information content (AvgIpc) is 2.62. The van der Waals surface area contributed by atoms with Crippen LogP contribution in [0.1, 0.15) is 34.3 Å².